The zero-order valence-corrected chi connectivity index (χ0v) is 11.8. The van der Waals surface area contributed by atoms with E-state index < -0.39 is 17.3 Å². The first-order valence-electron chi connectivity index (χ1n) is 5.35. The molecule has 0 aromatic heterocycles. The van der Waals surface area contributed by atoms with Crippen LogP contribution in [0.1, 0.15) is 20.3 Å². The minimum atomic E-state index is -1.17. The largest absolute Gasteiger partial charge is 0.505 e. The summed E-state index contributed by atoms with van der Waals surface area (Å²) in [6.07, 6.45) is -0.196. The monoisotopic (exact) mass is 305 g/mol. The molecule has 1 rings (SSSR count). The molecule has 0 aliphatic heterocycles. The number of phenols is 1. The van der Waals surface area contributed by atoms with E-state index in [9.17, 15) is 14.7 Å². The lowest BCUT2D eigenvalue weighted by Crippen LogP contribution is -2.29. The van der Waals surface area contributed by atoms with Crippen LogP contribution in [0.3, 0.4) is 0 Å². The Morgan fingerprint density at radius 2 is 1.74 bits per heavy atom. The molecule has 1 amide bonds. The average Bonchev–Trinajstić information content (AvgIpc) is 2.24. The molecule has 0 aliphatic rings. The van der Waals surface area contributed by atoms with Crippen LogP contribution in [0.4, 0.5) is 5.69 Å². The van der Waals surface area contributed by atoms with Gasteiger partial charge in [0.05, 0.1) is 15.5 Å². The van der Waals surface area contributed by atoms with Crippen molar-refractivity contribution < 1.29 is 19.8 Å². The Morgan fingerprint density at radius 3 is 2.16 bits per heavy atom. The molecule has 0 atom stereocenters. The van der Waals surface area contributed by atoms with Gasteiger partial charge in [-0.15, -0.1) is 0 Å². The van der Waals surface area contributed by atoms with E-state index in [1.807, 2.05) is 0 Å². The van der Waals surface area contributed by atoms with Crippen molar-refractivity contribution >= 4 is 40.8 Å². The third-order valence-corrected chi connectivity index (χ3v) is 3.06. The summed E-state index contributed by atoms with van der Waals surface area (Å²) >= 11 is 11.4. The number of halogens is 2. The second-order valence-corrected chi connectivity index (χ2v) is 5.52. The van der Waals surface area contributed by atoms with Gasteiger partial charge in [0.25, 0.3) is 0 Å². The highest BCUT2D eigenvalue weighted by molar-refractivity contribution is 6.37. The molecule has 0 saturated heterocycles. The fraction of sp³-hybridized carbons (Fsp3) is 0.333. The van der Waals surface area contributed by atoms with E-state index in [-0.39, 0.29) is 22.2 Å². The molecule has 7 heteroatoms. The van der Waals surface area contributed by atoms with Gasteiger partial charge in [-0.25, -0.2) is 0 Å². The van der Waals surface area contributed by atoms with Gasteiger partial charge in [-0.05, 0) is 26.0 Å². The van der Waals surface area contributed by atoms with Crippen molar-refractivity contribution in [3.8, 4) is 5.75 Å². The van der Waals surface area contributed by atoms with E-state index in [1.54, 1.807) is 0 Å². The summed E-state index contributed by atoms with van der Waals surface area (Å²) in [5.41, 5.74) is -0.881. The Balaban J connectivity index is 2.81. The van der Waals surface area contributed by atoms with Crippen molar-refractivity contribution in [2.45, 2.75) is 20.3 Å². The molecule has 0 fully saturated rings. The maximum atomic E-state index is 11.7. The van der Waals surface area contributed by atoms with E-state index in [2.05, 4.69) is 5.32 Å². The molecule has 0 radical (unpaired) electrons. The van der Waals surface area contributed by atoms with Crippen LogP contribution in [0.25, 0.3) is 0 Å². The minimum absolute atomic E-state index is 0.000273. The zero-order valence-electron chi connectivity index (χ0n) is 10.3. The maximum Gasteiger partial charge on any atom is 0.309 e. The first kappa shape index (κ1) is 15.6. The molecule has 1 aromatic rings. The van der Waals surface area contributed by atoms with Crippen molar-refractivity contribution in [1.29, 1.82) is 0 Å². The van der Waals surface area contributed by atoms with Gasteiger partial charge in [0.15, 0.2) is 5.75 Å². The van der Waals surface area contributed by atoms with Crippen LogP contribution in [0.15, 0.2) is 12.1 Å². The molecule has 104 valence electrons. The van der Waals surface area contributed by atoms with Crippen LogP contribution < -0.4 is 5.32 Å². The van der Waals surface area contributed by atoms with Crippen molar-refractivity contribution in [1.82, 2.24) is 0 Å². The number of phenolic OH excluding ortho intramolecular Hbond substituents is 1. The fourth-order valence-electron chi connectivity index (χ4n) is 1.32. The summed E-state index contributed by atoms with van der Waals surface area (Å²) in [5.74, 6) is -1.82. The quantitative estimate of drug-likeness (QED) is 0.746. The van der Waals surface area contributed by atoms with Crippen molar-refractivity contribution in [3.05, 3.63) is 22.2 Å². The minimum Gasteiger partial charge on any atom is -0.505 e. The number of carboxylic acids is 1. The third-order valence-electron chi connectivity index (χ3n) is 2.48. The molecule has 0 aliphatic carbocycles. The summed E-state index contributed by atoms with van der Waals surface area (Å²) < 4.78 is 0. The van der Waals surface area contributed by atoms with Crippen LogP contribution in [0, 0.1) is 5.41 Å². The van der Waals surface area contributed by atoms with Gasteiger partial charge in [-0.2, -0.15) is 0 Å². The number of benzene rings is 1. The number of carbonyl (C=O) groups is 2. The normalized spacial score (nSPS) is 11.2. The number of hydrogen-bond acceptors (Lipinski definition) is 3. The Hall–Kier alpha value is -1.46. The van der Waals surface area contributed by atoms with Crippen molar-refractivity contribution in [3.63, 3.8) is 0 Å². The molecule has 19 heavy (non-hydrogen) atoms. The number of carbonyl (C=O) groups excluding carboxylic acids is 1. The van der Waals surface area contributed by atoms with E-state index in [0.717, 1.165) is 0 Å². The van der Waals surface area contributed by atoms with Gasteiger partial charge in [0.2, 0.25) is 5.91 Å². The van der Waals surface area contributed by atoms with E-state index >= 15 is 0 Å². The lowest BCUT2D eigenvalue weighted by Gasteiger charge is -2.18. The smallest absolute Gasteiger partial charge is 0.309 e. The van der Waals surface area contributed by atoms with Gasteiger partial charge in [-0.1, -0.05) is 23.2 Å². The molecule has 0 bridgehead atoms. The molecule has 0 heterocycles. The molecule has 3 N–H and O–H groups in total. The first-order chi connectivity index (χ1) is 8.63. The molecule has 5 nitrogen and oxygen atoms in total. The molecule has 1 aromatic carbocycles. The second kappa shape index (κ2) is 5.67. The molecule has 0 spiro atoms. The fourth-order valence-corrected chi connectivity index (χ4v) is 1.81. The molecular weight excluding hydrogens is 293 g/mol. The van der Waals surface area contributed by atoms with Gasteiger partial charge in [0.1, 0.15) is 0 Å². The average molecular weight is 306 g/mol. The van der Waals surface area contributed by atoms with Gasteiger partial charge >= 0.3 is 5.97 Å². The molecule has 0 saturated carbocycles. The zero-order chi connectivity index (χ0) is 14.8. The summed E-state index contributed by atoms with van der Waals surface area (Å²) in [7, 11) is 0. The van der Waals surface area contributed by atoms with Crippen LogP contribution in [0.5, 0.6) is 5.75 Å². The number of carboxylic acid groups (broad SMARTS) is 1. The number of nitrogens with one attached hydrogen (secondary N) is 1. The summed E-state index contributed by atoms with van der Waals surface area (Å²) in [6.45, 7) is 2.90. The van der Waals surface area contributed by atoms with Crippen LogP contribution in [-0.2, 0) is 9.59 Å². The van der Waals surface area contributed by atoms with Gasteiger partial charge in [0, 0.05) is 12.1 Å². The second-order valence-electron chi connectivity index (χ2n) is 4.70. The lowest BCUT2D eigenvalue weighted by molar-refractivity contribution is -0.148. The Labute approximate surface area is 120 Å². The van der Waals surface area contributed by atoms with Crippen molar-refractivity contribution in [2.75, 3.05) is 5.32 Å². The standard InChI is InChI=1S/C12H13Cl2NO4/c1-12(2,11(18)19)5-9(16)15-6-3-7(13)10(17)8(14)4-6/h3-4,17H,5H2,1-2H3,(H,15,16)(H,18,19). The van der Waals surface area contributed by atoms with Crippen molar-refractivity contribution in [2.24, 2.45) is 5.41 Å². The number of aliphatic carboxylic acids is 1. The summed E-state index contributed by atoms with van der Waals surface area (Å²) in [6, 6.07) is 2.66. The molecule has 0 unspecified atom stereocenters. The Bertz CT molecular complexity index is 505. The van der Waals surface area contributed by atoms with Crippen LogP contribution >= 0.6 is 23.2 Å². The predicted octanol–water partition coefficient (Wildman–Crippen LogP) is 3.14. The van der Waals surface area contributed by atoms with E-state index in [1.165, 1.54) is 26.0 Å². The lowest BCUT2D eigenvalue weighted by atomic mass is 9.89. The van der Waals surface area contributed by atoms with E-state index in [0.29, 0.717) is 5.69 Å². The van der Waals surface area contributed by atoms with Crippen LogP contribution in [0.2, 0.25) is 10.0 Å². The van der Waals surface area contributed by atoms with E-state index in [4.69, 9.17) is 28.3 Å². The third kappa shape index (κ3) is 4.01. The number of anilines is 1. The van der Waals surface area contributed by atoms with Gasteiger partial charge in [-0.3, -0.25) is 9.59 Å². The predicted molar refractivity (Wildman–Crippen MR) is 72.8 cm³/mol. The number of rotatable bonds is 4. The van der Waals surface area contributed by atoms with Gasteiger partial charge < -0.3 is 15.5 Å². The van der Waals surface area contributed by atoms with Crippen LogP contribution in [-0.4, -0.2) is 22.1 Å². The maximum absolute atomic E-state index is 11.7. The Kier molecular flexibility index (Phi) is 4.66. The first-order valence-corrected chi connectivity index (χ1v) is 6.10. The SMILES string of the molecule is CC(C)(CC(=O)Nc1cc(Cl)c(O)c(Cl)c1)C(=O)O. The highest BCUT2D eigenvalue weighted by Crippen LogP contribution is 2.34. The highest BCUT2D eigenvalue weighted by atomic mass is 35.5. The number of hydrogen-bond donors (Lipinski definition) is 3. The highest BCUT2D eigenvalue weighted by Gasteiger charge is 2.30. The Morgan fingerprint density at radius 1 is 1.26 bits per heavy atom. The number of amides is 1. The number of aromatic hydroxyl groups is 1. The summed E-state index contributed by atoms with van der Waals surface area (Å²) in [4.78, 5) is 22.6. The topological polar surface area (TPSA) is 86.6 Å². The summed E-state index contributed by atoms with van der Waals surface area (Å²) in [5, 5.41) is 20.8. The molecular formula is C12H13Cl2NO4.